The Hall–Kier alpha value is -2.48. The predicted molar refractivity (Wildman–Crippen MR) is 105 cm³/mol. The van der Waals surface area contributed by atoms with Crippen LogP contribution in [-0.2, 0) is 9.53 Å². The second kappa shape index (κ2) is 7.09. The molecule has 3 aliphatic rings. The average Bonchev–Trinajstić information content (AvgIpc) is 3.43. The van der Waals surface area contributed by atoms with E-state index in [9.17, 15) is 9.59 Å². The molecular formula is C21H27N5O3. The first-order chi connectivity index (χ1) is 14.1. The first kappa shape index (κ1) is 18.5. The number of hydrogen-bond donors (Lipinski definition) is 1. The van der Waals surface area contributed by atoms with Gasteiger partial charge in [-0.25, -0.2) is 4.52 Å². The van der Waals surface area contributed by atoms with E-state index in [2.05, 4.69) is 22.6 Å². The van der Waals surface area contributed by atoms with Crippen LogP contribution in [0.4, 0.5) is 0 Å². The van der Waals surface area contributed by atoms with Gasteiger partial charge in [0.15, 0.2) is 0 Å². The quantitative estimate of drug-likeness (QED) is 0.831. The lowest BCUT2D eigenvalue weighted by Gasteiger charge is -2.54. The molecule has 29 heavy (non-hydrogen) atoms. The lowest BCUT2D eigenvalue weighted by molar-refractivity contribution is -0.141. The standard InChI is InChI=1S/C21H27N5O3/c1-14(15-5-6-15)23-19(27)10-16-12-25(21(13-29-16)7-3-8-21)20(28)17-4-2-9-26-18(17)11-22-24-26/h2,4,9,11,14-16H,3,5-8,10,12-13H2,1H3,(H,23,27)/t14-,16?/m1/s1. The smallest absolute Gasteiger partial charge is 0.256 e. The fraction of sp³-hybridized carbons (Fsp3) is 0.619. The molecule has 0 bridgehead atoms. The summed E-state index contributed by atoms with van der Waals surface area (Å²) in [5.74, 6) is 0.596. The van der Waals surface area contributed by atoms with Crippen LogP contribution in [0, 0.1) is 5.92 Å². The molecule has 2 amide bonds. The zero-order valence-electron chi connectivity index (χ0n) is 16.7. The normalized spacial score (nSPS) is 24.3. The summed E-state index contributed by atoms with van der Waals surface area (Å²) in [6, 6.07) is 3.85. The van der Waals surface area contributed by atoms with Gasteiger partial charge in [0, 0.05) is 18.8 Å². The van der Waals surface area contributed by atoms with E-state index < -0.39 is 0 Å². The van der Waals surface area contributed by atoms with E-state index >= 15 is 0 Å². The number of hydrogen-bond acceptors (Lipinski definition) is 5. The fourth-order valence-electron chi connectivity index (χ4n) is 4.63. The van der Waals surface area contributed by atoms with Gasteiger partial charge in [-0.05, 0) is 57.1 Å². The topological polar surface area (TPSA) is 88.8 Å². The average molecular weight is 397 g/mol. The van der Waals surface area contributed by atoms with Crippen molar-refractivity contribution in [2.75, 3.05) is 13.2 Å². The molecule has 1 spiro atoms. The highest BCUT2D eigenvalue weighted by atomic mass is 16.5. The summed E-state index contributed by atoms with van der Waals surface area (Å²) >= 11 is 0. The Morgan fingerprint density at radius 1 is 1.38 bits per heavy atom. The summed E-state index contributed by atoms with van der Waals surface area (Å²) < 4.78 is 7.68. The minimum atomic E-state index is -0.278. The van der Waals surface area contributed by atoms with Crippen LogP contribution in [0.1, 0.15) is 55.8 Å². The number of morpholine rings is 1. The van der Waals surface area contributed by atoms with Crippen molar-refractivity contribution in [2.24, 2.45) is 5.92 Å². The molecule has 2 aromatic rings. The molecular weight excluding hydrogens is 370 g/mol. The molecule has 2 aliphatic carbocycles. The van der Waals surface area contributed by atoms with Crippen molar-refractivity contribution in [3.63, 3.8) is 0 Å². The Balaban J connectivity index is 1.33. The minimum absolute atomic E-state index is 0.00782. The van der Waals surface area contributed by atoms with Crippen LogP contribution in [0.5, 0.6) is 0 Å². The maximum atomic E-state index is 13.5. The molecule has 0 aromatic carbocycles. The number of aromatic nitrogens is 3. The molecule has 8 nitrogen and oxygen atoms in total. The fourth-order valence-corrected chi connectivity index (χ4v) is 4.63. The van der Waals surface area contributed by atoms with Crippen molar-refractivity contribution in [1.29, 1.82) is 0 Å². The number of fused-ring (bicyclic) bond motifs is 1. The van der Waals surface area contributed by atoms with Crippen LogP contribution in [-0.4, -0.2) is 62.4 Å². The number of carbonyl (C=O) groups is 2. The highest BCUT2D eigenvalue weighted by Gasteiger charge is 2.49. The molecule has 8 heteroatoms. The van der Waals surface area contributed by atoms with Gasteiger partial charge in [0.25, 0.3) is 5.91 Å². The highest BCUT2D eigenvalue weighted by Crippen LogP contribution is 2.42. The van der Waals surface area contributed by atoms with Crippen molar-refractivity contribution in [2.45, 2.75) is 63.1 Å². The van der Waals surface area contributed by atoms with Crippen molar-refractivity contribution in [3.05, 3.63) is 30.1 Å². The van der Waals surface area contributed by atoms with Gasteiger partial charge < -0.3 is 15.0 Å². The molecule has 0 radical (unpaired) electrons. The molecule has 5 rings (SSSR count). The number of pyridine rings is 1. The van der Waals surface area contributed by atoms with Crippen LogP contribution in [0.25, 0.3) is 5.52 Å². The van der Waals surface area contributed by atoms with Crippen molar-refractivity contribution >= 4 is 17.3 Å². The monoisotopic (exact) mass is 397 g/mol. The van der Waals surface area contributed by atoms with Crippen LogP contribution in [0.3, 0.4) is 0 Å². The molecule has 2 aromatic heterocycles. The first-order valence-electron chi connectivity index (χ1n) is 10.6. The van der Waals surface area contributed by atoms with E-state index in [4.69, 9.17) is 4.74 Å². The van der Waals surface area contributed by atoms with Gasteiger partial charge in [0.2, 0.25) is 5.91 Å². The second-order valence-corrected chi connectivity index (χ2v) is 8.81. The highest BCUT2D eigenvalue weighted by molar-refractivity contribution is 6.01. The zero-order chi connectivity index (χ0) is 20.0. The van der Waals surface area contributed by atoms with Gasteiger partial charge in [0.05, 0.1) is 41.9 Å². The van der Waals surface area contributed by atoms with Crippen molar-refractivity contribution in [3.8, 4) is 0 Å². The maximum absolute atomic E-state index is 13.5. The molecule has 154 valence electrons. The van der Waals surface area contributed by atoms with Crippen LogP contribution in [0.15, 0.2) is 24.5 Å². The van der Waals surface area contributed by atoms with Crippen LogP contribution in [0.2, 0.25) is 0 Å². The number of nitrogens with one attached hydrogen (secondary N) is 1. The van der Waals surface area contributed by atoms with Crippen LogP contribution < -0.4 is 5.32 Å². The summed E-state index contributed by atoms with van der Waals surface area (Å²) in [5.41, 5.74) is 1.05. The van der Waals surface area contributed by atoms with Gasteiger partial charge in [0.1, 0.15) is 0 Å². The van der Waals surface area contributed by atoms with E-state index in [1.807, 2.05) is 17.0 Å². The molecule has 1 N–H and O–H groups in total. The van der Waals surface area contributed by atoms with E-state index in [1.54, 1.807) is 16.9 Å². The molecule has 1 saturated heterocycles. The molecule has 3 fully saturated rings. The number of amides is 2. The largest absolute Gasteiger partial charge is 0.373 e. The minimum Gasteiger partial charge on any atom is -0.373 e. The van der Waals surface area contributed by atoms with Crippen molar-refractivity contribution in [1.82, 2.24) is 25.0 Å². The molecule has 1 unspecified atom stereocenters. The third-order valence-electron chi connectivity index (χ3n) is 6.78. The summed E-state index contributed by atoms with van der Waals surface area (Å²) in [7, 11) is 0. The van der Waals surface area contributed by atoms with E-state index in [1.165, 1.54) is 12.8 Å². The lowest BCUT2D eigenvalue weighted by Crippen LogP contribution is -2.65. The van der Waals surface area contributed by atoms with E-state index in [0.717, 1.165) is 19.3 Å². The number of nitrogens with zero attached hydrogens (tertiary/aromatic N) is 4. The number of carbonyl (C=O) groups excluding carboxylic acids is 2. The Morgan fingerprint density at radius 3 is 2.93 bits per heavy atom. The third kappa shape index (κ3) is 3.39. The van der Waals surface area contributed by atoms with Crippen molar-refractivity contribution < 1.29 is 14.3 Å². The molecule has 3 heterocycles. The third-order valence-corrected chi connectivity index (χ3v) is 6.78. The predicted octanol–water partition coefficient (Wildman–Crippen LogP) is 1.80. The maximum Gasteiger partial charge on any atom is 0.256 e. The summed E-state index contributed by atoms with van der Waals surface area (Å²) in [6.45, 7) is 3.00. The molecule has 1 aliphatic heterocycles. The number of ether oxygens (including phenoxy) is 1. The molecule has 2 saturated carbocycles. The van der Waals surface area contributed by atoms with E-state index in [-0.39, 0.29) is 35.9 Å². The summed E-state index contributed by atoms with van der Waals surface area (Å²) in [6.07, 6.45) is 8.78. The Kier molecular flexibility index (Phi) is 4.53. The summed E-state index contributed by atoms with van der Waals surface area (Å²) in [5, 5.41) is 11.0. The Morgan fingerprint density at radius 2 is 2.21 bits per heavy atom. The van der Waals surface area contributed by atoms with Gasteiger partial charge >= 0.3 is 0 Å². The first-order valence-corrected chi connectivity index (χ1v) is 10.6. The zero-order valence-corrected chi connectivity index (χ0v) is 16.7. The number of rotatable bonds is 5. The second-order valence-electron chi connectivity index (χ2n) is 8.81. The Bertz CT molecular complexity index is 933. The Labute approximate surface area is 169 Å². The van der Waals surface area contributed by atoms with Gasteiger partial charge in [-0.15, -0.1) is 5.10 Å². The van der Waals surface area contributed by atoms with Gasteiger partial charge in [-0.1, -0.05) is 5.21 Å². The van der Waals surface area contributed by atoms with E-state index in [0.29, 0.717) is 30.1 Å². The lowest BCUT2D eigenvalue weighted by atomic mass is 9.74. The summed E-state index contributed by atoms with van der Waals surface area (Å²) in [4.78, 5) is 27.9. The SMILES string of the molecule is C[C@@H](NC(=O)CC1CN(C(=O)c2cccn3nncc23)C2(CCC2)CO1)C1CC1. The van der Waals surface area contributed by atoms with Gasteiger partial charge in [-0.2, -0.15) is 0 Å². The molecule has 2 atom stereocenters. The van der Waals surface area contributed by atoms with Gasteiger partial charge in [-0.3, -0.25) is 9.59 Å². The van der Waals surface area contributed by atoms with Crippen LogP contribution >= 0.6 is 0 Å².